The van der Waals surface area contributed by atoms with E-state index < -0.39 is 62.6 Å². The Morgan fingerprint density at radius 1 is 1.27 bits per heavy atom. The van der Waals surface area contributed by atoms with Crippen molar-refractivity contribution in [1.29, 1.82) is 0 Å². The summed E-state index contributed by atoms with van der Waals surface area (Å²) in [6, 6.07) is 5.80. The SMILES string of the molecule is CCCCOC(=O)[C@H](C)NP(=O)(OC[C@@H](O[C@H](CN=[N+]=[N-])n1ccc(=O)[nH]c1=O)[C@H](C)O)Oc1ccc(Cl)cc1. The van der Waals surface area contributed by atoms with Crippen LogP contribution in [-0.4, -0.2) is 58.6 Å². The fourth-order valence-corrected chi connectivity index (χ4v) is 4.71. The normalized spacial score (nSPS) is 15.6. The van der Waals surface area contributed by atoms with Gasteiger partial charge >= 0.3 is 19.4 Å². The van der Waals surface area contributed by atoms with Crippen LogP contribution in [0.3, 0.4) is 0 Å². The number of benzene rings is 1. The van der Waals surface area contributed by atoms with Crippen molar-refractivity contribution < 1.29 is 33.0 Å². The quantitative estimate of drug-likeness (QED) is 0.0601. The highest BCUT2D eigenvalue weighted by atomic mass is 35.5. The average molecular weight is 603 g/mol. The number of hydrogen-bond acceptors (Lipinski definition) is 10. The first-order valence-electron chi connectivity index (χ1n) is 12.3. The highest BCUT2D eigenvalue weighted by Gasteiger charge is 2.35. The van der Waals surface area contributed by atoms with Gasteiger partial charge in [0, 0.05) is 22.2 Å². The Labute approximate surface area is 234 Å². The zero-order valence-corrected chi connectivity index (χ0v) is 23.8. The lowest BCUT2D eigenvalue weighted by Crippen LogP contribution is -2.40. The molecule has 2 aromatic rings. The summed E-state index contributed by atoms with van der Waals surface area (Å²) in [5.74, 6) is -0.588. The molecule has 1 aromatic heterocycles. The molecule has 0 aliphatic rings. The van der Waals surface area contributed by atoms with Crippen molar-refractivity contribution in [3.8, 4) is 5.75 Å². The number of H-pyrrole nitrogens is 1. The summed E-state index contributed by atoms with van der Waals surface area (Å²) in [5, 5.41) is 16.7. The minimum absolute atomic E-state index is 0.0994. The van der Waals surface area contributed by atoms with Crippen LogP contribution in [0, 0.1) is 0 Å². The molecule has 220 valence electrons. The zero-order chi connectivity index (χ0) is 29.7. The van der Waals surface area contributed by atoms with E-state index in [1.807, 2.05) is 6.92 Å². The molecule has 0 saturated heterocycles. The standard InChI is InChI=1S/C23H32ClN6O9P/c1-4-5-12-36-22(33)15(2)28-40(35,39-18-8-6-17(24)7-9-18)37-14-19(16(3)31)38-21(13-26-29-25)30-11-10-20(32)27-23(30)34/h6-11,15-16,19,21,31H,4-5,12-14H2,1-3H3,(H,28,35)(H,27,32,34)/t15-,16-,19+,21+,40?/m0/s1. The molecule has 1 unspecified atom stereocenters. The maximum Gasteiger partial charge on any atom is 0.459 e. The van der Waals surface area contributed by atoms with Crippen LogP contribution >= 0.6 is 19.3 Å². The molecule has 3 N–H and O–H groups in total. The number of nitrogens with zero attached hydrogens (tertiary/aromatic N) is 4. The van der Waals surface area contributed by atoms with Gasteiger partial charge in [-0.25, -0.2) is 9.36 Å². The van der Waals surface area contributed by atoms with Crippen LogP contribution in [0.15, 0.2) is 51.2 Å². The number of unbranched alkanes of at least 4 members (excludes halogenated alkanes) is 1. The number of aliphatic hydroxyl groups is 1. The van der Waals surface area contributed by atoms with Gasteiger partial charge in [-0.3, -0.25) is 23.7 Å². The zero-order valence-electron chi connectivity index (χ0n) is 22.1. The van der Waals surface area contributed by atoms with E-state index in [9.17, 15) is 24.1 Å². The minimum Gasteiger partial charge on any atom is -0.465 e. The fourth-order valence-electron chi connectivity index (χ4n) is 3.08. The lowest BCUT2D eigenvalue weighted by molar-refractivity contribution is -0.145. The number of rotatable bonds is 17. The van der Waals surface area contributed by atoms with Gasteiger partial charge in [0.2, 0.25) is 0 Å². The Balaban J connectivity index is 2.28. The Morgan fingerprint density at radius 2 is 1.98 bits per heavy atom. The predicted octanol–water partition coefficient (Wildman–Crippen LogP) is 3.29. The highest BCUT2D eigenvalue weighted by molar-refractivity contribution is 7.52. The van der Waals surface area contributed by atoms with Gasteiger partial charge in [0.25, 0.3) is 5.56 Å². The van der Waals surface area contributed by atoms with E-state index in [0.717, 1.165) is 23.3 Å². The van der Waals surface area contributed by atoms with Crippen LogP contribution < -0.4 is 20.9 Å². The van der Waals surface area contributed by atoms with Crippen molar-refractivity contribution in [3.05, 3.63) is 72.8 Å². The first-order chi connectivity index (χ1) is 19.0. The minimum atomic E-state index is -4.33. The summed E-state index contributed by atoms with van der Waals surface area (Å²) in [6.07, 6.45) is -1.21. The largest absolute Gasteiger partial charge is 0.465 e. The van der Waals surface area contributed by atoms with Gasteiger partial charge in [-0.15, -0.1) is 0 Å². The third kappa shape index (κ3) is 10.8. The lowest BCUT2D eigenvalue weighted by atomic mass is 10.2. The number of halogens is 1. The first-order valence-corrected chi connectivity index (χ1v) is 14.2. The third-order valence-corrected chi connectivity index (χ3v) is 7.12. The average Bonchev–Trinajstić information content (AvgIpc) is 2.90. The number of ether oxygens (including phenoxy) is 2. The molecule has 1 heterocycles. The van der Waals surface area contributed by atoms with Crippen molar-refractivity contribution in [2.75, 3.05) is 19.8 Å². The molecule has 0 aliphatic carbocycles. The van der Waals surface area contributed by atoms with Gasteiger partial charge in [0.1, 0.15) is 24.1 Å². The number of carbonyl (C=O) groups is 1. The van der Waals surface area contributed by atoms with Crippen LogP contribution in [0.1, 0.15) is 39.8 Å². The highest BCUT2D eigenvalue weighted by Crippen LogP contribution is 2.45. The molecule has 1 aromatic carbocycles. The van der Waals surface area contributed by atoms with E-state index >= 15 is 0 Å². The second-order valence-corrected chi connectivity index (χ2v) is 10.6. The summed E-state index contributed by atoms with van der Waals surface area (Å²) in [6.45, 7) is 3.90. The molecule has 0 spiro atoms. The van der Waals surface area contributed by atoms with Crippen molar-refractivity contribution in [2.24, 2.45) is 5.11 Å². The Kier molecular flexibility index (Phi) is 13.4. The van der Waals surface area contributed by atoms with Crippen LogP contribution in [0.5, 0.6) is 5.75 Å². The van der Waals surface area contributed by atoms with E-state index in [1.54, 1.807) is 0 Å². The summed E-state index contributed by atoms with van der Waals surface area (Å²) < 4.78 is 36.8. The van der Waals surface area contributed by atoms with Crippen molar-refractivity contribution in [3.63, 3.8) is 0 Å². The number of carbonyl (C=O) groups excluding carboxylic acids is 1. The molecule has 5 atom stereocenters. The maximum atomic E-state index is 13.8. The molecular weight excluding hydrogens is 571 g/mol. The number of aromatic amines is 1. The van der Waals surface area contributed by atoms with Crippen LogP contribution in [0.2, 0.25) is 5.02 Å². The number of azide groups is 1. The first kappa shape index (κ1) is 33.0. The number of aliphatic hydroxyl groups excluding tert-OH is 1. The van der Waals surface area contributed by atoms with Gasteiger partial charge < -0.3 is 19.1 Å². The van der Waals surface area contributed by atoms with Gasteiger partial charge in [-0.05, 0) is 50.1 Å². The smallest absolute Gasteiger partial charge is 0.459 e. The molecule has 0 aliphatic heterocycles. The van der Waals surface area contributed by atoms with Crippen LogP contribution in [0.4, 0.5) is 0 Å². The van der Waals surface area contributed by atoms with Gasteiger partial charge in [-0.2, -0.15) is 5.09 Å². The van der Waals surface area contributed by atoms with E-state index in [-0.39, 0.29) is 12.4 Å². The Bertz CT molecular complexity index is 1310. The van der Waals surface area contributed by atoms with E-state index in [0.29, 0.717) is 11.4 Å². The maximum absolute atomic E-state index is 13.8. The van der Waals surface area contributed by atoms with Gasteiger partial charge in [0.05, 0.1) is 25.9 Å². The molecule has 15 nitrogen and oxygen atoms in total. The molecule has 0 saturated carbocycles. The van der Waals surface area contributed by atoms with Crippen molar-refractivity contribution in [1.82, 2.24) is 14.6 Å². The monoisotopic (exact) mass is 602 g/mol. The summed E-state index contributed by atoms with van der Waals surface area (Å²) in [5.41, 5.74) is 7.24. The topological polar surface area (TPSA) is 207 Å². The predicted molar refractivity (Wildman–Crippen MR) is 145 cm³/mol. The van der Waals surface area contributed by atoms with Gasteiger partial charge in [-0.1, -0.05) is 30.1 Å². The summed E-state index contributed by atoms with van der Waals surface area (Å²) in [4.78, 5) is 40.9. The number of hydrogen-bond donors (Lipinski definition) is 3. The Morgan fingerprint density at radius 3 is 2.58 bits per heavy atom. The molecule has 2 rings (SSSR count). The molecule has 17 heteroatoms. The van der Waals surface area contributed by atoms with Crippen molar-refractivity contribution in [2.45, 2.75) is 58.1 Å². The Hall–Kier alpha value is -3.16. The van der Waals surface area contributed by atoms with E-state index in [2.05, 4.69) is 20.1 Å². The van der Waals surface area contributed by atoms with Gasteiger partial charge in [0.15, 0.2) is 0 Å². The number of nitrogens with one attached hydrogen (secondary N) is 2. The molecule has 40 heavy (non-hydrogen) atoms. The van der Waals surface area contributed by atoms with Crippen LogP contribution in [-0.2, 0) is 23.4 Å². The van der Waals surface area contributed by atoms with Crippen molar-refractivity contribution >= 4 is 25.3 Å². The molecule has 0 radical (unpaired) electrons. The molecular formula is C23H32ClN6O9P. The number of esters is 1. The fraction of sp³-hybridized carbons (Fsp3) is 0.522. The van der Waals surface area contributed by atoms with E-state index in [1.165, 1.54) is 38.1 Å². The molecule has 0 fully saturated rings. The number of aromatic nitrogens is 2. The van der Waals surface area contributed by atoms with Crippen LogP contribution in [0.25, 0.3) is 10.4 Å². The van der Waals surface area contributed by atoms with E-state index in [4.69, 9.17) is 35.7 Å². The summed E-state index contributed by atoms with van der Waals surface area (Å²) >= 11 is 5.91. The molecule has 0 amide bonds. The molecule has 0 bridgehead atoms. The second-order valence-electron chi connectivity index (χ2n) is 8.51. The lowest BCUT2D eigenvalue weighted by Gasteiger charge is -2.29. The summed E-state index contributed by atoms with van der Waals surface area (Å²) in [7, 11) is -4.33. The third-order valence-electron chi connectivity index (χ3n) is 5.23. The second kappa shape index (κ2) is 16.2.